The van der Waals surface area contributed by atoms with Gasteiger partial charge in [-0.05, 0) is 54.3 Å². The molecule has 0 unspecified atom stereocenters. The van der Waals surface area contributed by atoms with Crippen molar-refractivity contribution in [2.75, 3.05) is 18.5 Å². The fourth-order valence-corrected chi connectivity index (χ4v) is 5.65. The highest BCUT2D eigenvalue weighted by Crippen LogP contribution is 2.34. The zero-order valence-electron chi connectivity index (χ0n) is 20.6. The van der Waals surface area contributed by atoms with Gasteiger partial charge in [-0.15, -0.1) is 0 Å². The van der Waals surface area contributed by atoms with E-state index in [-0.39, 0.29) is 11.6 Å². The van der Waals surface area contributed by atoms with E-state index in [1.54, 1.807) is 17.0 Å². The molecule has 1 atom stereocenters. The molecule has 184 valence electrons. The standard InChI is InChI=1S/C26H34F2N2O3Si/c1-6-8-9-24(31)30-13-12-17-14-18(33-7-2)10-11-19(17)25(30)26(32)29-22-15-21(28)23(16-20(22)27)34(3,4)5/h10-11,14-16,25H,6-9,12-13H2,1-5H3,(H,29,32)/t25-/m1/s1. The molecule has 0 aromatic heterocycles. The van der Waals surface area contributed by atoms with Crippen LogP contribution >= 0.6 is 0 Å². The summed E-state index contributed by atoms with van der Waals surface area (Å²) < 4.78 is 35.2. The van der Waals surface area contributed by atoms with Gasteiger partial charge in [-0.25, -0.2) is 8.78 Å². The third kappa shape index (κ3) is 5.66. The Morgan fingerprint density at radius 1 is 1.12 bits per heavy atom. The SMILES string of the molecule is CCCCC(=O)N1CCc2cc(OCC)ccc2[C@@H]1C(=O)Nc1cc(F)c([Si](C)(C)C)cc1F. The number of rotatable bonds is 8. The first-order chi connectivity index (χ1) is 16.1. The fourth-order valence-electron chi connectivity index (χ4n) is 4.30. The van der Waals surface area contributed by atoms with Gasteiger partial charge in [0.25, 0.3) is 5.91 Å². The van der Waals surface area contributed by atoms with Crippen LogP contribution in [0.25, 0.3) is 0 Å². The molecule has 1 aliphatic heterocycles. The van der Waals surface area contributed by atoms with Gasteiger partial charge in [-0.3, -0.25) is 9.59 Å². The average molecular weight is 489 g/mol. The van der Waals surface area contributed by atoms with Gasteiger partial charge in [0.05, 0.1) is 20.4 Å². The second-order valence-electron chi connectivity index (χ2n) is 9.69. The predicted molar refractivity (Wildman–Crippen MR) is 133 cm³/mol. The molecule has 0 radical (unpaired) electrons. The molecule has 2 amide bonds. The van der Waals surface area contributed by atoms with Crippen molar-refractivity contribution in [2.45, 2.75) is 65.2 Å². The molecule has 0 spiro atoms. The Balaban J connectivity index is 1.97. The molecule has 34 heavy (non-hydrogen) atoms. The number of carbonyl (C=O) groups excluding carboxylic acids is 2. The molecule has 1 N–H and O–H groups in total. The van der Waals surface area contributed by atoms with Gasteiger partial charge in [-0.2, -0.15) is 0 Å². The lowest BCUT2D eigenvalue weighted by atomic mass is 9.91. The Kier molecular flexibility index (Phi) is 8.12. The number of benzene rings is 2. The molecule has 3 rings (SSSR count). The maximum atomic E-state index is 14.9. The van der Waals surface area contributed by atoms with E-state index in [9.17, 15) is 18.4 Å². The normalized spacial score (nSPS) is 15.6. The van der Waals surface area contributed by atoms with E-state index in [2.05, 4.69) is 5.32 Å². The number of carbonyl (C=O) groups is 2. The molecule has 5 nitrogen and oxygen atoms in total. The summed E-state index contributed by atoms with van der Waals surface area (Å²) in [5, 5.41) is 2.92. The monoisotopic (exact) mass is 488 g/mol. The van der Waals surface area contributed by atoms with Crippen LogP contribution in [0.2, 0.25) is 19.6 Å². The van der Waals surface area contributed by atoms with Gasteiger partial charge in [0.1, 0.15) is 23.4 Å². The van der Waals surface area contributed by atoms with Crippen LogP contribution in [0.15, 0.2) is 30.3 Å². The molecule has 0 saturated heterocycles. The molecular formula is C26H34F2N2O3Si. The van der Waals surface area contributed by atoms with Gasteiger partial charge >= 0.3 is 0 Å². The first kappa shape index (κ1) is 25.9. The number of halogens is 2. The summed E-state index contributed by atoms with van der Waals surface area (Å²) in [7, 11) is -2.10. The number of hydrogen-bond donors (Lipinski definition) is 1. The number of nitrogens with zero attached hydrogens (tertiary/aromatic N) is 1. The molecule has 0 bridgehead atoms. The maximum absolute atomic E-state index is 14.9. The quantitative estimate of drug-likeness (QED) is 0.522. The van der Waals surface area contributed by atoms with Crippen LogP contribution in [0.3, 0.4) is 0 Å². The summed E-state index contributed by atoms with van der Waals surface area (Å²) in [6, 6.07) is 6.75. The fraction of sp³-hybridized carbons (Fsp3) is 0.462. The largest absolute Gasteiger partial charge is 0.494 e. The lowest BCUT2D eigenvalue weighted by Crippen LogP contribution is -2.45. The first-order valence-electron chi connectivity index (χ1n) is 11.9. The number of unbranched alkanes of at least 4 members (excludes halogenated alkanes) is 1. The molecule has 8 heteroatoms. The van der Waals surface area contributed by atoms with E-state index in [1.165, 1.54) is 6.07 Å². The zero-order valence-corrected chi connectivity index (χ0v) is 21.6. The lowest BCUT2D eigenvalue weighted by molar-refractivity contribution is -0.139. The van der Waals surface area contributed by atoms with Crippen molar-refractivity contribution >= 4 is 30.8 Å². The molecular weight excluding hydrogens is 454 g/mol. The van der Waals surface area contributed by atoms with Crippen molar-refractivity contribution < 1.29 is 23.1 Å². The Bertz CT molecular complexity index is 1070. The van der Waals surface area contributed by atoms with Crippen LogP contribution in [0.4, 0.5) is 14.5 Å². The minimum Gasteiger partial charge on any atom is -0.494 e. The van der Waals surface area contributed by atoms with E-state index >= 15 is 0 Å². The highest BCUT2D eigenvalue weighted by atomic mass is 28.3. The highest BCUT2D eigenvalue weighted by Gasteiger charge is 2.36. The molecule has 0 saturated carbocycles. The highest BCUT2D eigenvalue weighted by molar-refractivity contribution is 6.88. The zero-order chi connectivity index (χ0) is 25.0. The van der Waals surface area contributed by atoms with E-state index in [0.717, 1.165) is 24.5 Å². The average Bonchev–Trinajstić information content (AvgIpc) is 2.78. The topological polar surface area (TPSA) is 58.6 Å². The van der Waals surface area contributed by atoms with Crippen LogP contribution < -0.4 is 15.2 Å². The second kappa shape index (κ2) is 10.7. The first-order valence-corrected chi connectivity index (χ1v) is 15.4. The predicted octanol–water partition coefficient (Wildman–Crippen LogP) is 5.16. The van der Waals surface area contributed by atoms with E-state index in [1.807, 2.05) is 39.6 Å². The van der Waals surface area contributed by atoms with Gasteiger partial charge in [0.2, 0.25) is 5.91 Å². The number of ether oxygens (including phenoxy) is 1. The van der Waals surface area contributed by atoms with Crippen molar-refractivity contribution in [1.29, 1.82) is 0 Å². The molecule has 2 aromatic carbocycles. The van der Waals surface area contributed by atoms with Crippen LogP contribution in [-0.4, -0.2) is 37.9 Å². The molecule has 1 aliphatic rings. The van der Waals surface area contributed by atoms with E-state index in [0.29, 0.717) is 42.5 Å². The van der Waals surface area contributed by atoms with Gasteiger partial charge in [0.15, 0.2) is 0 Å². The Hall–Kier alpha value is -2.74. The Labute approximate surface area is 201 Å². The Morgan fingerprint density at radius 3 is 2.50 bits per heavy atom. The summed E-state index contributed by atoms with van der Waals surface area (Å²) in [5.74, 6) is -1.20. The van der Waals surface area contributed by atoms with E-state index < -0.39 is 31.7 Å². The maximum Gasteiger partial charge on any atom is 0.251 e. The molecule has 2 aromatic rings. The van der Waals surface area contributed by atoms with Crippen molar-refractivity contribution in [3.05, 3.63) is 53.1 Å². The van der Waals surface area contributed by atoms with Crippen molar-refractivity contribution in [2.24, 2.45) is 0 Å². The van der Waals surface area contributed by atoms with Gasteiger partial charge in [-0.1, -0.05) is 39.1 Å². The number of hydrogen-bond acceptors (Lipinski definition) is 3. The smallest absolute Gasteiger partial charge is 0.251 e. The lowest BCUT2D eigenvalue weighted by Gasteiger charge is -2.36. The van der Waals surface area contributed by atoms with Crippen molar-refractivity contribution in [3.8, 4) is 5.75 Å². The summed E-state index contributed by atoms with van der Waals surface area (Å²) in [6.07, 6.45) is 2.50. The summed E-state index contributed by atoms with van der Waals surface area (Å²) in [5.41, 5.74) is 1.37. The number of amides is 2. The molecule has 0 fully saturated rings. The van der Waals surface area contributed by atoms with Gasteiger partial charge < -0.3 is 15.0 Å². The minimum absolute atomic E-state index is 0.123. The summed E-state index contributed by atoms with van der Waals surface area (Å²) in [6.45, 7) is 10.6. The van der Waals surface area contributed by atoms with Crippen molar-refractivity contribution in [3.63, 3.8) is 0 Å². The third-order valence-corrected chi connectivity index (χ3v) is 8.09. The van der Waals surface area contributed by atoms with Crippen LogP contribution in [-0.2, 0) is 16.0 Å². The summed E-state index contributed by atoms with van der Waals surface area (Å²) >= 11 is 0. The second-order valence-corrected chi connectivity index (χ2v) is 14.7. The van der Waals surface area contributed by atoms with Crippen LogP contribution in [0.5, 0.6) is 5.75 Å². The van der Waals surface area contributed by atoms with Crippen LogP contribution in [0, 0.1) is 11.6 Å². The molecule has 0 aliphatic carbocycles. The van der Waals surface area contributed by atoms with E-state index in [4.69, 9.17) is 4.74 Å². The summed E-state index contributed by atoms with van der Waals surface area (Å²) in [4.78, 5) is 28.0. The molecule has 1 heterocycles. The van der Waals surface area contributed by atoms with Crippen molar-refractivity contribution in [1.82, 2.24) is 4.90 Å². The Morgan fingerprint density at radius 2 is 1.85 bits per heavy atom. The van der Waals surface area contributed by atoms with Crippen LogP contribution in [0.1, 0.15) is 50.3 Å². The third-order valence-electron chi connectivity index (χ3n) is 6.09. The number of fused-ring (bicyclic) bond motifs is 1. The number of nitrogens with one attached hydrogen (secondary N) is 1. The minimum atomic E-state index is -2.10. The van der Waals surface area contributed by atoms with Gasteiger partial charge in [0, 0.05) is 19.0 Å². The number of anilines is 1.